The van der Waals surface area contributed by atoms with E-state index in [-0.39, 0.29) is 57.4 Å². The number of carboxylic acid groups (broad SMARTS) is 1. The molecule has 1 aromatic rings. The Kier molecular flexibility index (Phi) is 17.8. The highest BCUT2D eigenvalue weighted by Gasteiger charge is 2.42. The fourth-order valence-electron chi connectivity index (χ4n) is 4.54. The summed E-state index contributed by atoms with van der Waals surface area (Å²) >= 11 is 0. The summed E-state index contributed by atoms with van der Waals surface area (Å²) in [7, 11) is 0. The fourth-order valence-corrected chi connectivity index (χ4v) is 4.54. The Morgan fingerprint density at radius 3 is 2.22 bits per heavy atom. The number of aliphatic carboxylic acids is 1. The maximum atomic E-state index is 12.5. The Labute approximate surface area is 268 Å². The summed E-state index contributed by atoms with van der Waals surface area (Å²) in [5, 5.41) is 46.3. The Balaban J connectivity index is 1.54. The SMILES string of the molecule is C[C@@H]1O[C@@H](OCCNC(=O)CCCCCNC(=O)C(CC(=O)O)NC(=O)CCCCC(=O)OCc2ccccc2)[C@@H](O)[C@H](O)[C@@H]1O. The topological polar surface area (TPSA) is 230 Å². The molecule has 1 heterocycles. The second-order valence-electron chi connectivity index (χ2n) is 11.1. The van der Waals surface area contributed by atoms with Gasteiger partial charge in [-0.3, -0.25) is 24.0 Å². The van der Waals surface area contributed by atoms with E-state index in [4.69, 9.17) is 19.3 Å². The van der Waals surface area contributed by atoms with Gasteiger partial charge in [0.1, 0.15) is 31.0 Å². The minimum atomic E-state index is -1.42. The zero-order valence-corrected chi connectivity index (χ0v) is 26.1. The Bertz CT molecular complexity index is 1110. The van der Waals surface area contributed by atoms with Crippen molar-refractivity contribution in [1.29, 1.82) is 0 Å². The number of rotatable bonds is 21. The van der Waals surface area contributed by atoms with Gasteiger partial charge in [0.05, 0.1) is 19.1 Å². The molecule has 0 bridgehead atoms. The first-order valence-corrected chi connectivity index (χ1v) is 15.5. The first kappa shape index (κ1) is 38.6. The smallest absolute Gasteiger partial charge is 0.306 e. The van der Waals surface area contributed by atoms with E-state index in [1.165, 1.54) is 6.92 Å². The lowest BCUT2D eigenvalue weighted by Crippen LogP contribution is -2.57. The molecule has 0 aliphatic carbocycles. The van der Waals surface area contributed by atoms with Crippen LogP contribution in [0, 0.1) is 0 Å². The number of nitrogens with one attached hydrogen (secondary N) is 3. The largest absolute Gasteiger partial charge is 0.481 e. The van der Waals surface area contributed by atoms with Gasteiger partial charge in [-0.05, 0) is 38.2 Å². The monoisotopic (exact) mass is 653 g/mol. The van der Waals surface area contributed by atoms with Gasteiger partial charge in [0.15, 0.2) is 6.29 Å². The van der Waals surface area contributed by atoms with Crippen molar-refractivity contribution in [2.75, 3.05) is 19.7 Å². The summed E-state index contributed by atoms with van der Waals surface area (Å²) in [6.45, 7) is 2.10. The maximum absolute atomic E-state index is 12.5. The summed E-state index contributed by atoms with van der Waals surface area (Å²) in [4.78, 5) is 60.0. The quantitative estimate of drug-likeness (QED) is 0.0681. The number of esters is 1. The zero-order chi connectivity index (χ0) is 33.9. The number of amides is 3. The van der Waals surface area contributed by atoms with Gasteiger partial charge in [0, 0.05) is 32.4 Å². The molecular formula is C31H47N3O12. The molecule has 0 spiro atoms. The van der Waals surface area contributed by atoms with Gasteiger partial charge in [0.25, 0.3) is 0 Å². The highest BCUT2D eigenvalue weighted by atomic mass is 16.7. The number of unbranched alkanes of at least 4 members (excludes halogenated alkanes) is 3. The second-order valence-corrected chi connectivity index (χ2v) is 11.1. The summed E-state index contributed by atoms with van der Waals surface area (Å²) in [5.41, 5.74) is 0.870. The van der Waals surface area contributed by atoms with Crippen LogP contribution in [0.25, 0.3) is 0 Å². The Morgan fingerprint density at radius 1 is 0.826 bits per heavy atom. The summed E-state index contributed by atoms with van der Waals surface area (Å²) < 4.78 is 15.9. The molecule has 0 saturated carbocycles. The standard InChI is InChI=1S/C31H47N3O12/c1-20-27(40)28(41)29(42)31(46-20)44-17-16-32-23(35)12-6-3-9-15-33-30(43)22(18-25(37)38)34-24(36)13-7-8-14-26(39)45-19-21-10-4-2-5-11-21/h2,4-5,10-11,20,22,27-29,31,40-42H,3,6-9,12-19H2,1H3,(H,32,35)(H,33,43)(H,34,36)(H,37,38)/t20-,22?,27+,28+,29-,31+/m0/s1. The number of carboxylic acids is 1. The van der Waals surface area contributed by atoms with Gasteiger partial charge in [-0.25, -0.2) is 0 Å². The van der Waals surface area contributed by atoms with Gasteiger partial charge >= 0.3 is 11.9 Å². The minimum Gasteiger partial charge on any atom is -0.481 e. The molecule has 3 amide bonds. The van der Waals surface area contributed by atoms with Gasteiger partial charge in [-0.1, -0.05) is 36.8 Å². The van der Waals surface area contributed by atoms with Crippen LogP contribution in [0.5, 0.6) is 0 Å². The van der Waals surface area contributed by atoms with Crippen LogP contribution < -0.4 is 16.0 Å². The third kappa shape index (κ3) is 15.1. The van der Waals surface area contributed by atoms with Crippen molar-refractivity contribution in [3.8, 4) is 0 Å². The molecule has 6 atom stereocenters. The number of benzene rings is 1. The van der Waals surface area contributed by atoms with E-state index in [0.717, 1.165) is 5.56 Å². The number of carbonyl (C=O) groups is 5. The number of aliphatic hydroxyl groups excluding tert-OH is 3. The molecule has 1 aromatic carbocycles. The van der Waals surface area contributed by atoms with Crippen LogP contribution in [0.1, 0.15) is 70.3 Å². The Morgan fingerprint density at radius 2 is 1.50 bits per heavy atom. The molecule has 15 heteroatoms. The van der Waals surface area contributed by atoms with Crippen molar-refractivity contribution in [2.45, 2.75) is 108 Å². The van der Waals surface area contributed by atoms with Crippen molar-refractivity contribution in [3.63, 3.8) is 0 Å². The van der Waals surface area contributed by atoms with E-state index in [1.807, 2.05) is 30.3 Å². The minimum absolute atomic E-state index is 0.0202. The first-order chi connectivity index (χ1) is 22.0. The third-order valence-corrected chi connectivity index (χ3v) is 7.20. The van der Waals surface area contributed by atoms with Crippen molar-refractivity contribution in [3.05, 3.63) is 35.9 Å². The summed E-state index contributed by atoms with van der Waals surface area (Å²) in [5.74, 6) is -2.98. The molecule has 2 rings (SSSR count). The molecule has 0 aromatic heterocycles. The lowest BCUT2D eigenvalue weighted by molar-refractivity contribution is -0.292. The number of hydrogen-bond donors (Lipinski definition) is 7. The van der Waals surface area contributed by atoms with Gasteiger partial charge in [-0.15, -0.1) is 0 Å². The average Bonchev–Trinajstić information content (AvgIpc) is 3.03. The Hall–Kier alpha value is -3.63. The van der Waals surface area contributed by atoms with Crippen molar-refractivity contribution >= 4 is 29.7 Å². The molecule has 46 heavy (non-hydrogen) atoms. The summed E-state index contributed by atoms with van der Waals surface area (Å²) in [6, 6.07) is 7.99. The second kappa shape index (κ2) is 21.2. The molecule has 7 N–H and O–H groups in total. The maximum Gasteiger partial charge on any atom is 0.306 e. The van der Waals surface area contributed by atoms with Crippen LogP contribution in [0.3, 0.4) is 0 Å². The number of hydrogen-bond acceptors (Lipinski definition) is 11. The van der Waals surface area contributed by atoms with Gasteiger partial charge < -0.3 is 50.6 Å². The molecule has 1 aliphatic heterocycles. The molecule has 258 valence electrons. The zero-order valence-electron chi connectivity index (χ0n) is 26.1. The van der Waals surface area contributed by atoms with Crippen LogP contribution in [0.15, 0.2) is 30.3 Å². The third-order valence-electron chi connectivity index (χ3n) is 7.20. The lowest BCUT2D eigenvalue weighted by Gasteiger charge is -2.38. The molecule has 0 radical (unpaired) electrons. The number of carbonyl (C=O) groups excluding carboxylic acids is 4. The van der Waals surface area contributed by atoms with Crippen LogP contribution >= 0.6 is 0 Å². The van der Waals surface area contributed by atoms with Crippen LogP contribution in [0.4, 0.5) is 0 Å². The van der Waals surface area contributed by atoms with E-state index in [1.54, 1.807) is 0 Å². The van der Waals surface area contributed by atoms with Gasteiger partial charge in [0.2, 0.25) is 17.7 Å². The lowest BCUT2D eigenvalue weighted by atomic mass is 10.0. The van der Waals surface area contributed by atoms with Crippen LogP contribution in [-0.4, -0.2) is 107 Å². The van der Waals surface area contributed by atoms with Crippen molar-refractivity contribution < 1.29 is 58.6 Å². The highest BCUT2D eigenvalue weighted by Crippen LogP contribution is 2.21. The van der Waals surface area contributed by atoms with E-state index in [0.29, 0.717) is 32.1 Å². The van der Waals surface area contributed by atoms with E-state index < -0.39 is 61.0 Å². The van der Waals surface area contributed by atoms with Crippen molar-refractivity contribution in [1.82, 2.24) is 16.0 Å². The normalized spacial score (nSPS) is 21.5. The van der Waals surface area contributed by atoms with Crippen LogP contribution in [-0.2, 0) is 44.8 Å². The molecule has 1 aliphatic rings. The first-order valence-electron chi connectivity index (χ1n) is 15.5. The van der Waals surface area contributed by atoms with Gasteiger partial charge in [-0.2, -0.15) is 0 Å². The van der Waals surface area contributed by atoms with E-state index in [2.05, 4.69) is 16.0 Å². The molecule has 1 saturated heterocycles. The predicted molar refractivity (Wildman–Crippen MR) is 162 cm³/mol. The van der Waals surface area contributed by atoms with E-state index >= 15 is 0 Å². The predicted octanol–water partition coefficient (Wildman–Crippen LogP) is -0.113. The number of ether oxygens (including phenoxy) is 3. The molecule has 15 nitrogen and oxygen atoms in total. The molecule has 1 fully saturated rings. The van der Waals surface area contributed by atoms with Crippen LogP contribution in [0.2, 0.25) is 0 Å². The van der Waals surface area contributed by atoms with Crippen molar-refractivity contribution in [2.24, 2.45) is 0 Å². The number of aliphatic hydroxyl groups is 3. The summed E-state index contributed by atoms with van der Waals surface area (Å²) in [6.07, 6.45) is -3.68. The fraction of sp³-hybridized carbons (Fsp3) is 0.645. The molecule has 1 unspecified atom stereocenters. The average molecular weight is 654 g/mol. The van der Waals surface area contributed by atoms with E-state index in [9.17, 15) is 39.3 Å². The molecular weight excluding hydrogens is 606 g/mol. The highest BCUT2D eigenvalue weighted by molar-refractivity contribution is 5.90.